The van der Waals surface area contributed by atoms with Crippen LogP contribution < -0.4 is 5.32 Å². The van der Waals surface area contributed by atoms with Gasteiger partial charge in [0, 0.05) is 24.2 Å². The van der Waals surface area contributed by atoms with Crippen molar-refractivity contribution >= 4 is 11.6 Å². The van der Waals surface area contributed by atoms with E-state index < -0.39 is 0 Å². The van der Waals surface area contributed by atoms with Gasteiger partial charge in [-0.1, -0.05) is 23.7 Å². The Morgan fingerprint density at radius 2 is 2.29 bits per heavy atom. The van der Waals surface area contributed by atoms with Crippen LogP contribution in [0.1, 0.15) is 24.4 Å². The van der Waals surface area contributed by atoms with Gasteiger partial charge in [-0.3, -0.25) is 0 Å². The Balaban J connectivity index is 1.79. The van der Waals surface area contributed by atoms with E-state index in [-0.39, 0.29) is 0 Å². The van der Waals surface area contributed by atoms with E-state index in [0.29, 0.717) is 6.04 Å². The topological polar surface area (TPSA) is 18.5 Å². The Morgan fingerprint density at radius 3 is 2.90 bits per heavy atom. The standard InChI is InChI=1S/C17H28ClN3/c1-19-17(15-5-4-6-16(18)11-15)8-10-21(3)13-14-7-9-20(2)12-14/h4-6,11,14,17,19H,7-10,12-13H2,1-3H3. The summed E-state index contributed by atoms with van der Waals surface area (Å²) >= 11 is 6.09. The van der Waals surface area contributed by atoms with Gasteiger partial charge in [0.15, 0.2) is 0 Å². The molecule has 1 aliphatic heterocycles. The number of nitrogens with one attached hydrogen (secondary N) is 1. The highest BCUT2D eigenvalue weighted by atomic mass is 35.5. The van der Waals surface area contributed by atoms with Crippen LogP contribution in [0.2, 0.25) is 5.02 Å². The maximum atomic E-state index is 6.09. The number of halogens is 1. The van der Waals surface area contributed by atoms with Gasteiger partial charge >= 0.3 is 0 Å². The summed E-state index contributed by atoms with van der Waals surface area (Å²) in [4.78, 5) is 4.90. The summed E-state index contributed by atoms with van der Waals surface area (Å²) in [5, 5.41) is 4.22. The minimum Gasteiger partial charge on any atom is -0.313 e. The third-order valence-electron chi connectivity index (χ3n) is 4.46. The van der Waals surface area contributed by atoms with E-state index in [1.54, 1.807) is 0 Å². The van der Waals surface area contributed by atoms with E-state index in [9.17, 15) is 0 Å². The monoisotopic (exact) mass is 309 g/mol. The van der Waals surface area contributed by atoms with Gasteiger partial charge in [-0.15, -0.1) is 0 Å². The maximum Gasteiger partial charge on any atom is 0.0409 e. The highest BCUT2D eigenvalue weighted by Crippen LogP contribution is 2.21. The van der Waals surface area contributed by atoms with Gasteiger partial charge in [0.25, 0.3) is 0 Å². The van der Waals surface area contributed by atoms with E-state index in [1.165, 1.54) is 31.6 Å². The average Bonchev–Trinajstić information content (AvgIpc) is 2.85. The second-order valence-electron chi connectivity index (χ2n) is 6.36. The summed E-state index contributed by atoms with van der Waals surface area (Å²) in [6, 6.07) is 8.55. The second-order valence-corrected chi connectivity index (χ2v) is 6.80. The molecule has 0 spiro atoms. The van der Waals surface area contributed by atoms with E-state index in [4.69, 9.17) is 11.6 Å². The number of rotatable bonds is 7. The third-order valence-corrected chi connectivity index (χ3v) is 4.69. The predicted octanol–water partition coefficient (Wildman–Crippen LogP) is 2.87. The minimum atomic E-state index is 0.373. The van der Waals surface area contributed by atoms with Crippen molar-refractivity contribution < 1.29 is 0 Å². The first kappa shape index (κ1) is 16.8. The molecule has 0 bridgehead atoms. The second kappa shape index (κ2) is 8.14. The van der Waals surface area contributed by atoms with Gasteiger partial charge < -0.3 is 15.1 Å². The van der Waals surface area contributed by atoms with Crippen molar-refractivity contribution in [2.24, 2.45) is 5.92 Å². The van der Waals surface area contributed by atoms with Crippen molar-refractivity contribution in [2.45, 2.75) is 18.9 Å². The molecule has 1 saturated heterocycles. The van der Waals surface area contributed by atoms with Crippen LogP contribution in [0.15, 0.2) is 24.3 Å². The Labute approximate surface area is 134 Å². The molecule has 1 aromatic carbocycles. The molecule has 0 amide bonds. The zero-order valence-corrected chi connectivity index (χ0v) is 14.2. The van der Waals surface area contributed by atoms with Gasteiger partial charge in [0.1, 0.15) is 0 Å². The number of hydrogen-bond donors (Lipinski definition) is 1. The molecule has 1 N–H and O–H groups in total. The molecular formula is C17H28ClN3. The fourth-order valence-electron chi connectivity index (χ4n) is 3.26. The highest BCUT2D eigenvalue weighted by Gasteiger charge is 2.21. The number of nitrogens with zero attached hydrogens (tertiary/aromatic N) is 2. The zero-order valence-electron chi connectivity index (χ0n) is 13.5. The molecule has 1 aliphatic rings. The smallest absolute Gasteiger partial charge is 0.0409 e. The normalized spacial score (nSPS) is 21.1. The van der Waals surface area contributed by atoms with Gasteiger partial charge in [-0.2, -0.15) is 0 Å². The molecule has 2 unspecified atom stereocenters. The lowest BCUT2D eigenvalue weighted by Gasteiger charge is -2.24. The van der Waals surface area contributed by atoms with Gasteiger partial charge in [0.2, 0.25) is 0 Å². The summed E-state index contributed by atoms with van der Waals surface area (Å²) in [6.45, 7) is 4.81. The summed E-state index contributed by atoms with van der Waals surface area (Å²) < 4.78 is 0. The largest absolute Gasteiger partial charge is 0.313 e. The molecule has 2 atom stereocenters. The number of hydrogen-bond acceptors (Lipinski definition) is 3. The minimum absolute atomic E-state index is 0.373. The molecule has 0 aromatic heterocycles. The zero-order chi connectivity index (χ0) is 15.2. The Morgan fingerprint density at radius 1 is 1.48 bits per heavy atom. The van der Waals surface area contributed by atoms with Crippen LogP contribution in [-0.2, 0) is 0 Å². The van der Waals surface area contributed by atoms with Crippen molar-refractivity contribution in [1.82, 2.24) is 15.1 Å². The van der Waals surface area contributed by atoms with Crippen molar-refractivity contribution in [3.05, 3.63) is 34.9 Å². The molecule has 0 radical (unpaired) electrons. The van der Waals surface area contributed by atoms with Crippen molar-refractivity contribution in [1.29, 1.82) is 0 Å². The molecule has 118 valence electrons. The fourth-order valence-corrected chi connectivity index (χ4v) is 3.46. The molecule has 0 aliphatic carbocycles. The van der Waals surface area contributed by atoms with Gasteiger partial charge in [-0.05, 0) is 70.7 Å². The molecule has 3 nitrogen and oxygen atoms in total. The molecule has 1 fully saturated rings. The highest BCUT2D eigenvalue weighted by molar-refractivity contribution is 6.30. The molecule has 4 heteroatoms. The van der Waals surface area contributed by atoms with E-state index >= 15 is 0 Å². The van der Waals surface area contributed by atoms with Gasteiger partial charge in [0.05, 0.1) is 0 Å². The molecule has 1 heterocycles. The fraction of sp³-hybridized carbons (Fsp3) is 0.647. The van der Waals surface area contributed by atoms with E-state index in [0.717, 1.165) is 23.9 Å². The third kappa shape index (κ3) is 5.26. The summed E-state index contributed by atoms with van der Waals surface area (Å²) in [5.41, 5.74) is 1.28. The van der Waals surface area contributed by atoms with E-state index in [1.807, 2.05) is 19.2 Å². The Bertz CT molecular complexity index is 438. The van der Waals surface area contributed by atoms with Crippen LogP contribution in [0.25, 0.3) is 0 Å². The number of likely N-dealkylation sites (tertiary alicyclic amines) is 1. The van der Waals surface area contributed by atoms with Crippen LogP contribution in [0.3, 0.4) is 0 Å². The first-order valence-corrected chi connectivity index (χ1v) is 8.26. The Kier molecular flexibility index (Phi) is 6.49. The first-order chi connectivity index (χ1) is 10.1. The molecular weight excluding hydrogens is 282 g/mol. The molecule has 2 rings (SSSR count). The summed E-state index contributed by atoms with van der Waals surface area (Å²) in [5.74, 6) is 0.833. The Hall–Kier alpha value is -0.610. The summed E-state index contributed by atoms with van der Waals surface area (Å²) in [6.07, 6.45) is 2.44. The molecule has 21 heavy (non-hydrogen) atoms. The summed E-state index contributed by atoms with van der Waals surface area (Å²) in [7, 11) is 6.48. The quantitative estimate of drug-likeness (QED) is 0.835. The van der Waals surface area contributed by atoms with Crippen molar-refractivity contribution in [3.8, 4) is 0 Å². The molecule has 1 aromatic rings. The lowest BCUT2D eigenvalue weighted by molar-refractivity contribution is 0.261. The van der Waals surface area contributed by atoms with Crippen LogP contribution in [-0.4, -0.2) is 57.1 Å². The van der Waals surface area contributed by atoms with Crippen LogP contribution in [0.4, 0.5) is 0 Å². The SMILES string of the molecule is CNC(CCN(C)CC1CCN(C)C1)c1cccc(Cl)c1. The van der Waals surface area contributed by atoms with Crippen LogP contribution in [0, 0.1) is 5.92 Å². The van der Waals surface area contributed by atoms with Crippen LogP contribution >= 0.6 is 11.6 Å². The van der Waals surface area contributed by atoms with Crippen molar-refractivity contribution in [2.75, 3.05) is 47.3 Å². The number of benzene rings is 1. The first-order valence-electron chi connectivity index (χ1n) is 7.88. The van der Waals surface area contributed by atoms with E-state index in [2.05, 4.69) is 41.3 Å². The van der Waals surface area contributed by atoms with Crippen LogP contribution in [0.5, 0.6) is 0 Å². The lowest BCUT2D eigenvalue weighted by Crippen LogP contribution is -2.30. The van der Waals surface area contributed by atoms with Crippen molar-refractivity contribution in [3.63, 3.8) is 0 Å². The maximum absolute atomic E-state index is 6.09. The lowest BCUT2D eigenvalue weighted by atomic mass is 10.0. The predicted molar refractivity (Wildman–Crippen MR) is 91.0 cm³/mol. The average molecular weight is 310 g/mol. The molecule has 0 saturated carbocycles. The van der Waals surface area contributed by atoms with Gasteiger partial charge in [-0.25, -0.2) is 0 Å².